The average Bonchev–Trinajstić information content (AvgIpc) is 2.74. The standard InChI is InChI=1S/C14H12BrN3/c1-8-7-9(16)5-6-10(8)14-17-12-4-2-3-11(15)13(12)18-14/h2-7H,16H2,1H3,(H,17,18). The van der Waals surface area contributed by atoms with Gasteiger partial charge in [0.25, 0.3) is 0 Å². The number of anilines is 1. The van der Waals surface area contributed by atoms with E-state index in [0.717, 1.165) is 38.1 Å². The van der Waals surface area contributed by atoms with Crippen LogP contribution in [0.2, 0.25) is 0 Å². The van der Waals surface area contributed by atoms with Crippen molar-refractivity contribution in [2.45, 2.75) is 6.92 Å². The molecule has 0 saturated carbocycles. The molecule has 4 heteroatoms. The Morgan fingerprint density at radius 3 is 2.78 bits per heavy atom. The van der Waals surface area contributed by atoms with E-state index in [1.54, 1.807) is 0 Å². The predicted molar refractivity (Wildman–Crippen MR) is 78.4 cm³/mol. The lowest BCUT2D eigenvalue weighted by Gasteiger charge is -2.03. The number of fused-ring (bicyclic) bond motifs is 1. The molecule has 3 N–H and O–H groups in total. The number of nitrogens with two attached hydrogens (primary N) is 1. The molecule has 0 amide bonds. The molecule has 0 fully saturated rings. The zero-order valence-electron chi connectivity index (χ0n) is 9.87. The van der Waals surface area contributed by atoms with Crippen LogP contribution in [0.1, 0.15) is 5.56 Å². The fourth-order valence-electron chi connectivity index (χ4n) is 2.08. The summed E-state index contributed by atoms with van der Waals surface area (Å²) in [6.07, 6.45) is 0. The Labute approximate surface area is 113 Å². The number of rotatable bonds is 1. The monoisotopic (exact) mass is 301 g/mol. The molecule has 0 saturated heterocycles. The van der Waals surface area contributed by atoms with Crippen molar-refractivity contribution in [1.29, 1.82) is 0 Å². The summed E-state index contributed by atoms with van der Waals surface area (Å²) in [6, 6.07) is 11.8. The summed E-state index contributed by atoms with van der Waals surface area (Å²) >= 11 is 3.51. The van der Waals surface area contributed by atoms with Gasteiger partial charge in [-0.1, -0.05) is 6.07 Å². The molecule has 0 aliphatic carbocycles. The number of aromatic amines is 1. The molecule has 0 aliphatic rings. The number of hydrogen-bond donors (Lipinski definition) is 2. The van der Waals surface area contributed by atoms with Gasteiger partial charge in [-0.05, 0) is 58.7 Å². The minimum absolute atomic E-state index is 0.772. The number of nitrogen functional groups attached to an aromatic ring is 1. The normalized spacial score (nSPS) is 11.0. The highest BCUT2D eigenvalue weighted by Crippen LogP contribution is 2.28. The van der Waals surface area contributed by atoms with E-state index in [1.165, 1.54) is 0 Å². The quantitative estimate of drug-likeness (QED) is 0.670. The molecule has 3 aromatic rings. The molecule has 0 bridgehead atoms. The number of aryl methyl sites for hydroxylation is 1. The second-order valence-corrected chi connectivity index (χ2v) is 5.15. The number of imidazole rings is 1. The van der Waals surface area contributed by atoms with Crippen LogP contribution in [-0.4, -0.2) is 9.97 Å². The third-order valence-corrected chi connectivity index (χ3v) is 3.61. The van der Waals surface area contributed by atoms with Crippen LogP contribution < -0.4 is 5.73 Å². The van der Waals surface area contributed by atoms with Gasteiger partial charge in [-0.15, -0.1) is 0 Å². The zero-order valence-corrected chi connectivity index (χ0v) is 11.5. The third kappa shape index (κ3) is 1.78. The summed E-state index contributed by atoms with van der Waals surface area (Å²) in [4.78, 5) is 7.96. The van der Waals surface area contributed by atoms with Gasteiger partial charge in [-0.25, -0.2) is 4.98 Å². The molecule has 18 heavy (non-hydrogen) atoms. The minimum atomic E-state index is 0.772. The van der Waals surface area contributed by atoms with E-state index in [4.69, 9.17) is 5.73 Å². The van der Waals surface area contributed by atoms with Crippen molar-refractivity contribution >= 4 is 32.7 Å². The summed E-state index contributed by atoms with van der Waals surface area (Å²) in [5.74, 6) is 0.870. The topological polar surface area (TPSA) is 54.7 Å². The molecule has 0 atom stereocenters. The van der Waals surface area contributed by atoms with Gasteiger partial charge >= 0.3 is 0 Å². The second-order valence-electron chi connectivity index (χ2n) is 4.30. The Bertz CT molecular complexity index is 731. The molecule has 0 aliphatic heterocycles. The summed E-state index contributed by atoms with van der Waals surface area (Å²) in [5, 5.41) is 0. The lowest BCUT2D eigenvalue weighted by molar-refractivity contribution is 1.31. The van der Waals surface area contributed by atoms with Crippen LogP contribution in [0.4, 0.5) is 5.69 Å². The van der Waals surface area contributed by atoms with Crippen molar-refractivity contribution in [3.05, 3.63) is 46.4 Å². The smallest absolute Gasteiger partial charge is 0.138 e. The van der Waals surface area contributed by atoms with Crippen molar-refractivity contribution < 1.29 is 0 Å². The minimum Gasteiger partial charge on any atom is -0.399 e. The first-order valence-corrected chi connectivity index (χ1v) is 6.45. The molecule has 0 spiro atoms. The maximum Gasteiger partial charge on any atom is 0.138 e. The van der Waals surface area contributed by atoms with E-state index in [1.807, 2.05) is 43.3 Å². The molecule has 0 unspecified atom stereocenters. The average molecular weight is 302 g/mol. The van der Waals surface area contributed by atoms with Crippen molar-refractivity contribution in [3.8, 4) is 11.4 Å². The summed E-state index contributed by atoms with van der Waals surface area (Å²) in [6.45, 7) is 2.04. The van der Waals surface area contributed by atoms with Crippen molar-refractivity contribution in [2.75, 3.05) is 5.73 Å². The first kappa shape index (κ1) is 11.3. The molecule has 1 heterocycles. The lowest BCUT2D eigenvalue weighted by Crippen LogP contribution is -1.89. The fraction of sp³-hybridized carbons (Fsp3) is 0.0714. The Morgan fingerprint density at radius 1 is 1.22 bits per heavy atom. The van der Waals surface area contributed by atoms with Crippen LogP contribution in [0, 0.1) is 6.92 Å². The number of nitrogens with zero attached hydrogens (tertiary/aromatic N) is 1. The van der Waals surface area contributed by atoms with Crippen LogP contribution in [0.15, 0.2) is 40.9 Å². The largest absolute Gasteiger partial charge is 0.399 e. The first-order valence-electron chi connectivity index (χ1n) is 5.66. The first-order chi connectivity index (χ1) is 8.65. The number of H-pyrrole nitrogens is 1. The molecule has 3 rings (SSSR count). The molecule has 1 aromatic heterocycles. The fourth-order valence-corrected chi connectivity index (χ4v) is 2.53. The van der Waals surface area contributed by atoms with Crippen molar-refractivity contribution in [2.24, 2.45) is 0 Å². The third-order valence-electron chi connectivity index (χ3n) is 2.97. The number of benzene rings is 2. The Hall–Kier alpha value is -1.81. The highest BCUT2D eigenvalue weighted by atomic mass is 79.9. The Morgan fingerprint density at radius 2 is 2.06 bits per heavy atom. The molecular formula is C14H12BrN3. The van der Waals surface area contributed by atoms with E-state index in [0.29, 0.717) is 0 Å². The number of nitrogens with one attached hydrogen (secondary N) is 1. The summed E-state index contributed by atoms with van der Waals surface area (Å²) < 4.78 is 0.996. The van der Waals surface area contributed by atoms with Gasteiger partial charge in [0.1, 0.15) is 11.3 Å². The Balaban J connectivity index is 2.23. The van der Waals surface area contributed by atoms with Crippen molar-refractivity contribution in [3.63, 3.8) is 0 Å². The van der Waals surface area contributed by atoms with Crippen LogP contribution in [0.25, 0.3) is 22.4 Å². The van der Waals surface area contributed by atoms with Gasteiger partial charge in [0.15, 0.2) is 0 Å². The van der Waals surface area contributed by atoms with Crippen LogP contribution >= 0.6 is 15.9 Å². The van der Waals surface area contributed by atoms with E-state index in [9.17, 15) is 0 Å². The number of aromatic nitrogens is 2. The van der Waals surface area contributed by atoms with Crippen molar-refractivity contribution in [1.82, 2.24) is 9.97 Å². The van der Waals surface area contributed by atoms with Crippen LogP contribution in [0.5, 0.6) is 0 Å². The molecule has 90 valence electrons. The zero-order chi connectivity index (χ0) is 12.7. The van der Waals surface area contributed by atoms with E-state index >= 15 is 0 Å². The molecule has 3 nitrogen and oxygen atoms in total. The molecular weight excluding hydrogens is 290 g/mol. The van der Waals surface area contributed by atoms with Gasteiger partial charge in [-0.3, -0.25) is 0 Å². The van der Waals surface area contributed by atoms with Crippen LogP contribution in [-0.2, 0) is 0 Å². The maximum absolute atomic E-state index is 5.77. The number of hydrogen-bond acceptors (Lipinski definition) is 2. The maximum atomic E-state index is 5.77. The predicted octanol–water partition coefficient (Wildman–Crippen LogP) is 3.88. The molecule has 2 aromatic carbocycles. The highest BCUT2D eigenvalue weighted by Gasteiger charge is 2.09. The highest BCUT2D eigenvalue weighted by molar-refractivity contribution is 9.10. The van der Waals surface area contributed by atoms with E-state index < -0.39 is 0 Å². The molecule has 0 radical (unpaired) electrons. The Kier molecular flexibility index (Phi) is 2.59. The van der Waals surface area contributed by atoms with Gasteiger partial charge in [-0.2, -0.15) is 0 Å². The second kappa shape index (κ2) is 4.14. The number of halogens is 1. The van der Waals surface area contributed by atoms with Gasteiger partial charge < -0.3 is 10.7 Å². The van der Waals surface area contributed by atoms with Crippen LogP contribution in [0.3, 0.4) is 0 Å². The lowest BCUT2D eigenvalue weighted by atomic mass is 10.1. The summed E-state index contributed by atoms with van der Waals surface area (Å²) in [7, 11) is 0. The van der Waals surface area contributed by atoms with Gasteiger partial charge in [0.05, 0.1) is 5.52 Å². The van der Waals surface area contributed by atoms with E-state index in [2.05, 4.69) is 25.9 Å². The van der Waals surface area contributed by atoms with E-state index in [-0.39, 0.29) is 0 Å². The van der Waals surface area contributed by atoms with Gasteiger partial charge in [0, 0.05) is 15.7 Å². The summed E-state index contributed by atoms with van der Waals surface area (Å²) in [5.41, 5.74) is 10.7. The SMILES string of the molecule is Cc1cc(N)ccc1-c1nc2c(Br)cccc2[nH]1. The number of para-hydroxylation sites is 1. The van der Waals surface area contributed by atoms with Gasteiger partial charge in [0.2, 0.25) is 0 Å².